The number of ether oxygens (including phenoxy) is 2. The molecule has 0 spiro atoms. The van der Waals surface area contributed by atoms with Gasteiger partial charge in [-0.15, -0.1) is 11.3 Å². The summed E-state index contributed by atoms with van der Waals surface area (Å²) in [6.07, 6.45) is 2.96. The van der Waals surface area contributed by atoms with Crippen molar-refractivity contribution >= 4 is 39.4 Å². The van der Waals surface area contributed by atoms with Gasteiger partial charge in [0, 0.05) is 35.9 Å². The molecule has 5 rings (SSSR count). The SMILES string of the molecule is CCOC(=O)N1Cc2sc3c(N4CCOCC4)nc(-c4cnc(N)nc4)nc3c2C1C. The highest BCUT2D eigenvalue weighted by Crippen LogP contribution is 2.46. The quantitative estimate of drug-likeness (QED) is 0.654. The second-order valence-corrected chi connectivity index (χ2v) is 8.52. The fourth-order valence-electron chi connectivity index (χ4n) is 4.02. The van der Waals surface area contributed by atoms with Crippen LogP contribution in [0.4, 0.5) is 16.6 Å². The Kier molecular flexibility index (Phi) is 5.06. The van der Waals surface area contributed by atoms with Gasteiger partial charge >= 0.3 is 6.09 Å². The first kappa shape index (κ1) is 19.9. The molecular formula is C20H23N7O3S. The van der Waals surface area contributed by atoms with Gasteiger partial charge in [0.2, 0.25) is 5.95 Å². The molecule has 11 heteroatoms. The number of nitrogen functional groups attached to an aromatic ring is 1. The zero-order valence-corrected chi connectivity index (χ0v) is 18.2. The zero-order valence-electron chi connectivity index (χ0n) is 17.4. The van der Waals surface area contributed by atoms with Crippen LogP contribution >= 0.6 is 11.3 Å². The Morgan fingerprint density at radius 3 is 2.74 bits per heavy atom. The fraction of sp³-hybridized carbons (Fsp3) is 0.450. The predicted molar refractivity (Wildman–Crippen MR) is 117 cm³/mol. The molecule has 5 heterocycles. The maximum Gasteiger partial charge on any atom is 0.410 e. The van der Waals surface area contributed by atoms with Crippen LogP contribution < -0.4 is 10.6 Å². The number of hydrogen-bond acceptors (Lipinski definition) is 10. The Bertz CT molecular complexity index is 1130. The number of thiophene rings is 1. The number of amides is 1. The molecule has 2 aliphatic heterocycles. The Balaban J connectivity index is 1.65. The number of fused-ring (bicyclic) bond motifs is 3. The maximum atomic E-state index is 12.4. The largest absolute Gasteiger partial charge is 0.450 e. The second-order valence-electron chi connectivity index (χ2n) is 7.42. The van der Waals surface area contributed by atoms with E-state index >= 15 is 0 Å². The van der Waals surface area contributed by atoms with Gasteiger partial charge < -0.3 is 20.1 Å². The number of rotatable bonds is 3. The summed E-state index contributed by atoms with van der Waals surface area (Å²) in [7, 11) is 0. The van der Waals surface area contributed by atoms with Crippen LogP contribution in [0.5, 0.6) is 0 Å². The van der Waals surface area contributed by atoms with Crippen molar-refractivity contribution < 1.29 is 14.3 Å². The van der Waals surface area contributed by atoms with E-state index in [9.17, 15) is 4.79 Å². The van der Waals surface area contributed by atoms with E-state index in [1.807, 2.05) is 13.8 Å². The molecule has 1 unspecified atom stereocenters. The first-order valence-corrected chi connectivity index (χ1v) is 11.1. The normalized spacial score (nSPS) is 18.5. The van der Waals surface area contributed by atoms with Gasteiger partial charge in [0.05, 0.1) is 48.2 Å². The molecule has 1 fully saturated rings. The molecule has 162 valence electrons. The minimum absolute atomic E-state index is 0.134. The summed E-state index contributed by atoms with van der Waals surface area (Å²) in [5.74, 6) is 1.62. The average Bonchev–Trinajstić information content (AvgIpc) is 3.31. The van der Waals surface area contributed by atoms with Crippen molar-refractivity contribution in [2.24, 2.45) is 0 Å². The van der Waals surface area contributed by atoms with Gasteiger partial charge in [0.25, 0.3) is 0 Å². The zero-order chi connectivity index (χ0) is 21.5. The number of morpholine rings is 1. The van der Waals surface area contributed by atoms with E-state index in [4.69, 9.17) is 25.2 Å². The van der Waals surface area contributed by atoms with Crippen molar-refractivity contribution in [3.8, 4) is 11.4 Å². The smallest absolute Gasteiger partial charge is 0.410 e. The van der Waals surface area contributed by atoms with Crippen molar-refractivity contribution in [2.75, 3.05) is 43.5 Å². The molecule has 0 aliphatic carbocycles. The molecule has 3 aromatic rings. The highest BCUT2D eigenvalue weighted by Gasteiger charge is 2.37. The number of carbonyl (C=O) groups excluding carboxylic acids is 1. The van der Waals surface area contributed by atoms with Crippen LogP contribution in [0.3, 0.4) is 0 Å². The molecule has 0 saturated carbocycles. The minimum atomic E-state index is -0.304. The van der Waals surface area contributed by atoms with E-state index in [-0.39, 0.29) is 18.1 Å². The Morgan fingerprint density at radius 1 is 1.29 bits per heavy atom. The van der Waals surface area contributed by atoms with Gasteiger partial charge in [-0.1, -0.05) is 0 Å². The van der Waals surface area contributed by atoms with Crippen LogP contribution in [0, 0.1) is 0 Å². The van der Waals surface area contributed by atoms with Crippen LogP contribution in [-0.2, 0) is 16.0 Å². The van der Waals surface area contributed by atoms with Crippen molar-refractivity contribution in [3.63, 3.8) is 0 Å². The Labute approximate surface area is 183 Å². The molecule has 3 aromatic heterocycles. The summed E-state index contributed by atoms with van der Waals surface area (Å²) < 4.78 is 11.8. The number of anilines is 2. The number of hydrogen-bond donors (Lipinski definition) is 1. The molecule has 2 aliphatic rings. The van der Waals surface area contributed by atoms with Gasteiger partial charge in [-0.2, -0.15) is 0 Å². The minimum Gasteiger partial charge on any atom is -0.450 e. The van der Waals surface area contributed by atoms with Gasteiger partial charge in [0.1, 0.15) is 0 Å². The van der Waals surface area contributed by atoms with E-state index in [0.717, 1.165) is 39.6 Å². The molecule has 0 aromatic carbocycles. The lowest BCUT2D eigenvalue weighted by Crippen LogP contribution is -2.37. The summed E-state index contributed by atoms with van der Waals surface area (Å²) >= 11 is 1.65. The maximum absolute atomic E-state index is 12.4. The molecule has 1 saturated heterocycles. The lowest BCUT2D eigenvalue weighted by molar-refractivity contribution is 0.0965. The Morgan fingerprint density at radius 2 is 2.03 bits per heavy atom. The molecule has 2 N–H and O–H groups in total. The fourth-order valence-corrected chi connectivity index (χ4v) is 5.37. The van der Waals surface area contributed by atoms with Crippen molar-refractivity contribution in [2.45, 2.75) is 26.4 Å². The molecule has 10 nitrogen and oxygen atoms in total. The van der Waals surface area contributed by atoms with Crippen LogP contribution in [0.25, 0.3) is 21.6 Å². The second kappa shape index (κ2) is 7.89. The third kappa shape index (κ3) is 3.43. The summed E-state index contributed by atoms with van der Waals surface area (Å²) in [6.45, 7) is 7.52. The van der Waals surface area contributed by atoms with Crippen LogP contribution in [0.2, 0.25) is 0 Å². The first-order chi connectivity index (χ1) is 15.1. The number of nitrogens with zero attached hydrogens (tertiary/aromatic N) is 6. The van der Waals surface area contributed by atoms with E-state index < -0.39 is 0 Å². The summed E-state index contributed by atoms with van der Waals surface area (Å²) in [6, 6.07) is -0.134. The monoisotopic (exact) mass is 441 g/mol. The molecule has 1 atom stereocenters. The van der Waals surface area contributed by atoms with Crippen molar-refractivity contribution in [1.29, 1.82) is 0 Å². The highest BCUT2D eigenvalue weighted by atomic mass is 32.1. The number of aromatic nitrogens is 4. The average molecular weight is 442 g/mol. The summed E-state index contributed by atoms with van der Waals surface area (Å²) in [4.78, 5) is 35.5. The predicted octanol–water partition coefficient (Wildman–Crippen LogP) is 2.60. The van der Waals surface area contributed by atoms with Gasteiger partial charge in [-0.3, -0.25) is 4.90 Å². The molecule has 1 amide bonds. The van der Waals surface area contributed by atoms with Crippen LogP contribution in [0.1, 0.15) is 30.3 Å². The van der Waals surface area contributed by atoms with Gasteiger partial charge in [-0.05, 0) is 13.8 Å². The third-order valence-electron chi connectivity index (χ3n) is 5.57. The molecule has 31 heavy (non-hydrogen) atoms. The Hall–Kier alpha value is -3.05. The lowest BCUT2D eigenvalue weighted by atomic mass is 10.1. The summed E-state index contributed by atoms with van der Waals surface area (Å²) in [5.41, 5.74) is 8.27. The van der Waals surface area contributed by atoms with Crippen LogP contribution in [-0.4, -0.2) is 63.8 Å². The molecule has 0 radical (unpaired) electrons. The summed E-state index contributed by atoms with van der Waals surface area (Å²) in [5, 5.41) is 0. The number of nitrogens with two attached hydrogens (primary N) is 1. The van der Waals surface area contributed by atoms with Gasteiger partial charge in [-0.25, -0.2) is 24.7 Å². The van der Waals surface area contributed by atoms with Crippen molar-refractivity contribution in [3.05, 3.63) is 22.8 Å². The molecular weight excluding hydrogens is 418 g/mol. The molecule has 0 bridgehead atoms. The highest BCUT2D eigenvalue weighted by molar-refractivity contribution is 7.19. The van der Waals surface area contributed by atoms with Crippen LogP contribution in [0.15, 0.2) is 12.4 Å². The third-order valence-corrected chi connectivity index (χ3v) is 6.75. The van der Waals surface area contributed by atoms with E-state index in [0.29, 0.717) is 37.8 Å². The first-order valence-electron chi connectivity index (χ1n) is 10.2. The topological polar surface area (TPSA) is 120 Å². The number of carbonyl (C=O) groups is 1. The van der Waals surface area contributed by atoms with Gasteiger partial charge in [0.15, 0.2) is 11.6 Å². The van der Waals surface area contributed by atoms with E-state index in [1.54, 1.807) is 28.6 Å². The van der Waals surface area contributed by atoms with E-state index in [1.165, 1.54) is 0 Å². The standard InChI is InChI=1S/C20H23N7O3S/c1-3-30-20(28)27-10-13-14(11(27)2)15-16(31-13)18(26-4-6-29-7-5-26)25-17(24-15)12-8-22-19(21)23-9-12/h8-9,11H,3-7,10H2,1-2H3,(H2,21,22,23). The lowest BCUT2D eigenvalue weighted by Gasteiger charge is -2.28. The van der Waals surface area contributed by atoms with E-state index in [2.05, 4.69) is 14.9 Å². The van der Waals surface area contributed by atoms with Crippen molar-refractivity contribution in [1.82, 2.24) is 24.8 Å².